The van der Waals surface area contributed by atoms with Crippen molar-refractivity contribution in [1.82, 2.24) is 10.0 Å². The molecule has 1 aromatic carbocycles. The molecule has 5 nitrogen and oxygen atoms in total. The van der Waals surface area contributed by atoms with E-state index in [-0.39, 0.29) is 16.8 Å². The average molecular weight is 353 g/mol. The highest BCUT2D eigenvalue weighted by Crippen LogP contribution is 2.20. The lowest BCUT2D eigenvalue weighted by atomic mass is 10.1. The minimum absolute atomic E-state index is 0.0171. The molecule has 1 aliphatic carbocycles. The van der Waals surface area contributed by atoms with Gasteiger partial charge in [0.1, 0.15) is 0 Å². The van der Waals surface area contributed by atoms with Crippen molar-refractivity contribution in [3.8, 4) is 0 Å². The SMILES string of the molecule is CC(C)CCCNC(=O)c1cccc(S(=O)(=O)NC2CCCC2)c1. The van der Waals surface area contributed by atoms with Gasteiger partial charge in [0, 0.05) is 18.2 Å². The first kappa shape index (κ1) is 18.9. The molecule has 0 aliphatic heterocycles. The molecule has 0 spiro atoms. The third kappa shape index (κ3) is 5.60. The van der Waals surface area contributed by atoms with Crippen LogP contribution in [0.3, 0.4) is 0 Å². The molecule has 0 unspecified atom stereocenters. The van der Waals surface area contributed by atoms with Crippen LogP contribution in [0.2, 0.25) is 0 Å². The summed E-state index contributed by atoms with van der Waals surface area (Å²) < 4.78 is 27.7. The number of carbonyl (C=O) groups excluding carboxylic acids is 1. The zero-order valence-electron chi connectivity index (χ0n) is 14.5. The molecule has 1 saturated carbocycles. The van der Waals surface area contributed by atoms with E-state index in [1.807, 2.05) is 0 Å². The summed E-state index contributed by atoms with van der Waals surface area (Å²) in [6, 6.07) is 6.27. The maximum atomic E-state index is 12.5. The first-order valence-corrected chi connectivity index (χ1v) is 10.3. The lowest BCUT2D eigenvalue weighted by molar-refractivity contribution is 0.0952. The molecule has 6 heteroatoms. The van der Waals surface area contributed by atoms with Gasteiger partial charge in [0.05, 0.1) is 4.90 Å². The Labute approximate surface area is 145 Å². The zero-order valence-corrected chi connectivity index (χ0v) is 15.4. The first-order chi connectivity index (χ1) is 11.4. The fourth-order valence-corrected chi connectivity index (χ4v) is 4.30. The predicted octanol–water partition coefficient (Wildman–Crippen LogP) is 3.07. The van der Waals surface area contributed by atoms with Crippen LogP contribution in [0.1, 0.15) is 62.7 Å². The number of amides is 1. The molecule has 1 amide bonds. The summed E-state index contributed by atoms with van der Waals surface area (Å²) in [6.07, 6.45) is 5.87. The normalized spacial score (nSPS) is 15.8. The van der Waals surface area contributed by atoms with Crippen LogP contribution in [0.5, 0.6) is 0 Å². The van der Waals surface area contributed by atoms with Crippen molar-refractivity contribution in [3.05, 3.63) is 29.8 Å². The van der Waals surface area contributed by atoms with Gasteiger partial charge in [0.15, 0.2) is 0 Å². The van der Waals surface area contributed by atoms with Gasteiger partial charge in [-0.3, -0.25) is 4.79 Å². The van der Waals surface area contributed by atoms with Crippen molar-refractivity contribution in [3.63, 3.8) is 0 Å². The van der Waals surface area contributed by atoms with Gasteiger partial charge in [-0.15, -0.1) is 0 Å². The molecular weight excluding hydrogens is 324 g/mol. The number of carbonyl (C=O) groups is 1. The third-order valence-corrected chi connectivity index (χ3v) is 5.85. The second-order valence-electron chi connectivity index (χ2n) is 6.92. The van der Waals surface area contributed by atoms with E-state index in [4.69, 9.17) is 0 Å². The Bertz CT molecular complexity index is 650. The standard InChI is InChI=1S/C18H28N2O3S/c1-14(2)7-6-12-19-18(21)15-8-5-11-17(13-15)24(22,23)20-16-9-3-4-10-16/h5,8,11,13-14,16,20H,3-4,6-7,9-10,12H2,1-2H3,(H,19,21). The van der Waals surface area contributed by atoms with Gasteiger partial charge in [-0.2, -0.15) is 0 Å². The van der Waals surface area contributed by atoms with E-state index in [1.54, 1.807) is 12.1 Å². The second-order valence-corrected chi connectivity index (χ2v) is 8.64. The highest BCUT2D eigenvalue weighted by atomic mass is 32.2. The van der Waals surface area contributed by atoms with E-state index in [0.717, 1.165) is 38.5 Å². The fourth-order valence-electron chi connectivity index (χ4n) is 2.95. The number of sulfonamides is 1. The molecule has 0 aromatic heterocycles. The number of benzene rings is 1. The molecule has 24 heavy (non-hydrogen) atoms. The number of rotatable bonds is 8. The Kier molecular flexibility index (Phi) is 6.80. The molecule has 0 bridgehead atoms. The number of hydrogen-bond acceptors (Lipinski definition) is 3. The summed E-state index contributed by atoms with van der Waals surface area (Å²) in [5.74, 6) is 0.383. The van der Waals surface area contributed by atoms with Crippen molar-refractivity contribution in [2.45, 2.75) is 63.3 Å². The van der Waals surface area contributed by atoms with Crippen LogP contribution in [-0.2, 0) is 10.0 Å². The molecule has 1 aromatic rings. The van der Waals surface area contributed by atoms with E-state index < -0.39 is 10.0 Å². The van der Waals surface area contributed by atoms with Crippen LogP contribution in [0.15, 0.2) is 29.2 Å². The van der Waals surface area contributed by atoms with Crippen LogP contribution < -0.4 is 10.0 Å². The molecule has 134 valence electrons. The molecule has 1 aliphatic rings. The average Bonchev–Trinajstić information content (AvgIpc) is 3.03. The van der Waals surface area contributed by atoms with Gasteiger partial charge < -0.3 is 5.32 Å². The topological polar surface area (TPSA) is 75.3 Å². The molecule has 0 atom stereocenters. The third-order valence-electron chi connectivity index (χ3n) is 4.33. The van der Waals surface area contributed by atoms with Crippen molar-refractivity contribution >= 4 is 15.9 Å². The van der Waals surface area contributed by atoms with E-state index in [2.05, 4.69) is 23.9 Å². The molecule has 0 saturated heterocycles. The minimum atomic E-state index is -3.57. The van der Waals surface area contributed by atoms with Gasteiger partial charge in [-0.1, -0.05) is 32.8 Å². The lowest BCUT2D eigenvalue weighted by Crippen LogP contribution is -2.33. The Morgan fingerprint density at radius 2 is 1.96 bits per heavy atom. The van der Waals surface area contributed by atoms with Crippen LogP contribution in [0, 0.1) is 5.92 Å². The molecule has 2 N–H and O–H groups in total. The highest BCUT2D eigenvalue weighted by molar-refractivity contribution is 7.89. The van der Waals surface area contributed by atoms with Gasteiger partial charge in [-0.25, -0.2) is 13.1 Å². The smallest absolute Gasteiger partial charge is 0.251 e. The summed E-state index contributed by atoms with van der Waals surface area (Å²) in [5, 5.41) is 2.85. The lowest BCUT2D eigenvalue weighted by Gasteiger charge is -2.13. The highest BCUT2D eigenvalue weighted by Gasteiger charge is 2.23. The Morgan fingerprint density at radius 3 is 2.62 bits per heavy atom. The molecule has 1 fully saturated rings. The van der Waals surface area contributed by atoms with Crippen molar-refractivity contribution < 1.29 is 13.2 Å². The first-order valence-electron chi connectivity index (χ1n) is 8.79. The largest absolute Gasteiger partial charge is 0.352 e. The molecule has 0 radical (unpaired) electrons. The van der Waals surface area contributed by atoms with E-state index in [1.165, 1.54) is 12.1 Å². The zero-order chi connectivity index (χ0) is 17.6. The number of hydrogen-bond donors (Lipinski definition) is 2. The summed E-state index contributed by atoms with van der Waals surface area (Å²) in [6.45, 7) is 4.90. The van der Waals surface area contributed by atoms with E-state index >= 15 is 0 Å². The summed E-state index contributed by atoms with van der Waals surface area (Å²) in [5.41, 5.74) is 0.383. The summed E-state index contributed by atoms with van der Waals surface area (Å²) >= 11 is 0. The van der Waals surface area contributed by atoms with E-state index in [9.17, 15) is 13.2 Å². The van der Waals surface area contributed by atoms with Gasteiger partial charge in [-0.05, 0) is 49.8 Å². The molecule has 2 rings (SSSR count). The quantitative estimate of drug-likeness (QED) is 0.706. The molecular formula is C18H28N2O3S. The van der Waals surface area contributed by atoms with Crippen LogP contribution in [0.4, 0.5) is 0 Å². The second kappa shape index (κ2) is 8.62. The maximum Gasteiger partial charge on any atom is 0.251 e. The summed E-state index contributed by atoms with van der Waals surface area (Å²) in [7, 11) is -3.57. The summed E-state index contributed by atoms with van der Waals surface area (Å²) in [4.78, 5) is 12.3. The monoisotopic (exact) mass is 352 g/mol. The van der Waals surface area contributed by atoms with Gasteiger partial charge in [0.2, 0.25) is 10.0 Å². The number of nitrogens with one attached hydrogen (secondary N) is 2. The van der Waals surface area contributed by atoms with Crippen LogP contribution in [-0.4, -0.2) is 26.9 Å². The van der Waals surface area contributed by atoms with Crippen LogP contribution >= 0.6 is 0 Å². The Balaban J connectivity index is 1.98. The van der Waals surface area contributed by atoms with E-state index in [0.29, 0.717) is 18.0 Å². The minimum Gasteiger partial charge on any atom is -0.352 e. The molecule has 0 heterocycles. The Morgan fingerprint density at radius 1 is 1.25 bits per heavy atom. The van der Waals surface area contributed by atoms with Gasteiger partial charge in [0.25, 0.3) is 5.91 Å². The maximum absolute atomic E-state index is 12.5. The van der Waals surface area contributed by atoms with Crippen LogP contribution in [0.25, 0.3) is 0 Å². The Hall–Kier alpha value is -1.40. The fraction of sp³-hybridized carbons (Fsp3) is 0.611. The van der Waals surface area contributed by atoms with Crippen molar-refractivity contribution in [2.24, 2.45) is 5.92 Å². The van der Waals surface area contributed by atoms with Gasteiger partial charge >= 0.3 is 0 Å². The predicted molar refractivity (Wildman–Crippen MR) is 95.4 cm³/mol. The van der Waals surface area contributed by atoms with Crippen molar-refractivity contribution in [2.75, 3.05) is 6.54 Å². The van der Waals surface area contributed by atoms with Crippen molar-refractivity contribution in [1.29, 1.82) is 0 Å².